The number of benzene rings is 2. The fourth-order valence-electron chi connectivity index (χ4n) is 3.27. The zero-order chi connectivity index (χ0) is 21.5. The number of ether oxygens (including phenoxy) is 3. The number of thiocarbonyl (C=S) groups is 1. The lowest BCUT2D eigenvalue weighted by atomic mass is 10.1. The molecule has 0 spiro atoms. The van der Waals surface area contributed by atoms with E-state index in [4.69, 9.17) is 26.4 Å². The van der Waals surface area contributed by atoms with E-state index in [-0.39, 0.29) is 12.5 Å². The second-order valence-corrected chi connectivity index (χ2v) is 8.46. The van der Waals surface area contributed by atoms with Crippen molar-refractivity contribution in [3.05, 3.63) is 45.5 Å². The molecule has 1 heterocycles. The number of hydrogen-bond donors (Lipinski definition) is 1. The van der Waals surface area contributed by atoms with Crippen LogP contribution in [0.5, 0.6) is 17.2 Å². The maximum atomic E-state index is 12.3. The van der Waals surface area contributed by atoms with Gasteiger partial charge in [-0.2, -0.15) is 0 Å². The molecule has 2 aromatic carbocycles. The van der Waals surface area contributed by atoms with Crippen LogP contribution in [-0.4, -0.2) is 49.7 Å². The highest BCUT2D eigenvalue weighted by Gasteiger charge is 2.19. The lowest BCUT2D eigenvalue weighted by Gasteiger charge is -2.29. The molecule has 2 aromatic rings. The summed E-state index contributed by atoms with van der Waals surface area (Å²) in [6.07, 6.45) is 3.59. The molecule has 6 nitrogen and oxygen atoms in total. The fraction of sp³-hybridized carbons (Fsp3) is 0.364. The van der Waals surface area contributed by atoms with Gasteiger partial charge in [0.25, 0.3) is 5.91 Å². The number of rotatable bonds is 7. The van der Waals surface area contributed by atoms with E-state index in [1.807, 2.05) is 12.1 Å². The minimum absolute atomic E-state index is 0.131. The molecule has 160 valence electrons. The van der Waals surface area contributed by atoms with Crippen LogP contribution in [0.25, 0.3) is 0 Å². The van der Waals surface area contributed by atoms with Crippen molar-refractivity contribution in [3.8, 4) is 17.2 Å². The summed E-state index contributed by atoms with van der Waals surface area (Å²) in [5.41, 5.74) is 1.61. The van der Waals surface area contributed by atoms with E-state index in [9.17, 15) is 4.79 Å². The van der Waals surface area contributed by atoms with Gasteiger partial charge in [0.05, 0.1) is 17.8 Å². The average molecular weight is 540 g/mol. The number of hydrogen-bond acceptors (Lipinski definition) is 5. The lowest BCUT2D eigenvalue weighted by molar-refractivity contribution is -0.118. The van der Waals surface area contributed by atoms with E-state index < -0.39 is 0 Å². The number of likely N-dealkylation sites (tertiary alicyclic amines) is 1. The molecule has 30 heavy (non-hydrogen) atoms. The second kappa shape index (κ2) is 10.8. The third-order valence-electron chi connectivity index (χ3n) is 4.84. The Balaban J connectivity index is 1.66. The SMILES string of the molecule is COc1ccc(NC(=O)COc2c(I)cc(C(=S)N3CCCCC3)cc2OC)cc1. The molecule has 0 saturated carbocycles. The molecule has 0 aliphatic carbocycles. The standard InChI is InChI=1S/C22H25IN2O4S/c1-27-17-8-6-16(7-9-17)24-20(26)14-29-21-18(23)12-15(13-19(21)28-2)22(30)25-10-4-3-5-11-25/h6-9,12-13H,3-5,10-11,14H2,1-2H3,(H,24,26). The van der Waals surface area contributed by atoms with Gasteiger partial charge in [0, 0.05) is 24.3 Å². The van der Waals surface area contributed by atoms with Crippen molar-refractivity contribution in [1.82, 2.24) is 4.90 Å². The van der Waals surface area contributed by atoms with Crippen LogP contribution in [0, 0.1) is 3.57 Å². The fourth-order valence-corrected chi connectivity index (χ4v) is 4.33. The molecule has 1 aliphatic heterocycles. The van der Waals surface area contributed by atoms with E-state index in [1.165, 1.54) is 19.3 Å². The van der Waals surface area contributed by atoms with Gasteiger partial charge >= 0.3 is 0 Å². The number of carbonyl (C=O) groups is 1. The molecule has 1 N–H and O–H groups in total. The third kappa shape index (κ3) is 5.75. The largest absolute Gasteiger partial charge is 0.497 e. The molecule has 1 amide bonds. The van der Waals surface area contributed by atoms with Gasteiger partial charge in [-0.05, 0) is 78.3 Å². The summed E-state index contributed by atoms with van der Waals surface area (Å²) < 4.78 is 17.3. The zero-order valence-electron chi connectivity index (χ0n) is 17.1. The lowest BCUT2D eigenvalue weighted by Crippen LogP contribution is -2.35. The first kappa shape index (κ1) is 22.6. The summed E-state index contributed by atoms with van der Waals surface area (Å²) in [7, 11) is 3.18. The van der Waals surface area contributed by atoms with Crippen LogP contribution < -0.4 is 19.5 Å². The summed E-state index contributed by atoms with van der Waals surface area (Å²) in [6.45, 7) is 1.84. The Kier molecular flexibility index (Phi) is 8.15. The van der Waals surface area contributed by atoms with Gasteiger partial charge in [-0.1, -0.05) is 12.2 Å². The van der Waals surface area contributed by atoms with Crippen molar-refractivity contribution in [2.45, 2.75) is 19.3 Å². The van der Waals surface area contributed by atoms with Crippen LogP contribution in [0.15, 0.2) is 36.4 Å². The minimum Gasteiger partial charge on any atom is -0.497 e. The zero-order valence-corrected chi connectivity index (χ0v) is 20.0. The molecule has 0 unspecified atom stereocenters. The Morgan fingerprint density at radius 1 is 1.10 bits per heavy atom. The van der Waals surface area contributed by atoms with Crippen LogP contribution in [0.3, 0.4) is 0 Å². The molecule has 1 fully saturated rings. The van der Waals surface area contributed by atoms with Crippen molar-refractivity contribution < 1.29 is 19.0 Å². The number of amides is 1. The predicted octanol–water partition coefficient (Wildman–Crippen LogP) is 4.49. The van der Waals surface area contributed by atoms with E-state index in [1.54, 1.807) is 38.5 Å². The number of halogens is 1. The van der Waals surface area contributed by atoms with E-state index >= 15 is 0 Å². The highest BCUT2D eigenvalue weighted by atomic mass is 127. The van der Waals surface area contributed by atoms with Gasteiger partial charge in [-0.15, -0.1) is 0 Å². The van der Waals surface area contributed by atoms with Gasteiger partial charge in [-0.3, -0.25) is 4.79 Å². The van der Waals surface area contributed by atoms with E-state index in [0.717, 1.165) is 33.0 Å². The quantitative estimate of drug-likeness (QED) is 0.413. The number of nitrogens with one attached hydrogen (secondary N) is 1. The molecule has 1 aliphatic rings. The number of carbonyl (C=O) groups excluding carboxylic acids is 1. The van der Waals surface area contributed by atoms with Crippen LogP contribution in [-0.2, 0) is 4.79 Å². The number of anilines is 1. The Hall–Kier alpha value is -2.07. The smallest absolute Gasteiger partial charge is 0.262 e. The van der Waals surface area contributed by atoms with Gasteiger partial charge in [0.2, 0.25) is 0 Å². The van der Waals surface area contributed by atoms with Crippen LogP contribution in [0.1, 0.15) is 24.8 Å². The highest BCUT2D eigenvalue weighted by molar-refractivity contribution is 14.1. The molecule has 0 bridgehead atoms. The molecule has 8 heteroatoms. The molecule has 0 aromatic heterocycles. The summed E-state index contributed by atoms with van der Waals surface area (Å²) in [4.78, 5) is 15.4. The Morgan fingerprint density at radius 3 is 2.43 bits per heavy atom. The topological polar surface area (TPSA) is 60.0 Å². The van der Waals surface area contributed by atoms with Crippen molar-refractivity contribution in [2.75, 3.05) is 39.2 Å². The molecule has 3 rings (SSSR count). The van der Waals surface area contributed by atoms with Crippen molar-refractivity contribution in [1.29, 1.82) is 0 Å². The summed E-state index contributed by atoms with van der Waals surface area (Å²) in [5.74, 6) is 1.57. The summed E-state index contributed by atoms with van der Waals surface area (Å²) in [5, 5.41) is 2.80. The average Bonchev–Trinajstić information content (AvgIpc) is 2.78. The van der Waals surface area contributed by atoms with Crippen LogP contribution in [0.2, 0.25) is 0 Å². The number of piperidine rings is 1. The van der Waals surface area contributed by atoms with Crippen molar-refractivity contribution in [2.24, 2.45) is 0 Å². The van der Waals surface area contributed by atoms with Crippen molar-refractivity contribution >= 4 is 51.4 Å². The number of methoxy groups -OCH3 is 2. The Labute approximate surface area is 196 Å². The first-order valence-electron chi connectivity index (χ1n) is 9.75. The summed E-state index contributed by atoms with van der Waals surface area (Å²) >= 11 is 7.89. The monoisotopic (exact) mass is 540 g/mol. The van der Waals surface area contributed by atoms with Gasteiger partial charge in [-0.25, -0.2) is 0 Å². The van der Waals surface area contributed by atoms with Crippen molar-refractivity contribution in [3.63, 3.8) is 0 Å². The highest BCUT2D eigenvalue weighted by Crippen LogP contribution is 2.34. The maximum absolute atomic E-state index is 12.3. The first-order valence-corrected chi connectivity index (χ1v) is 11.2. The maximum Gasteiger partial charge on any atom is 0.262 e. The molecular weight excluding hydrogens is 515 g/mol. The van der Waals surface area contributed by atoms with Gasteiger partial charge in [0.15, 0.2) is 18.1 Å². The van der Waals surface area contributed by atoms with E-state index in [2.05, 4.69) is 32.8 Å². The predicted molar refractivity (Wildman–Crippen MR) is 130 cm³/mol. The normalized spacial score (nSPS) is 13.5. The van der Waals surface area contributed by atoms with Crippen LogP contribution in [0.4, 0.5) is 5.69 Å². The molecular formula is C22H25IN2O4S. The number of nitrogens with zero attached hydrogens (tertiary/aromatic N) is 1. The Morgan fingerprint density at radius 2 is 1.80 bits per heavy atom. The molecule has 0 radical (unpaired) electrons. The van der Waals surface area contributed by atoms with Crippen LogP contribution >= 0.6 is 34.8 Å². The molecule has 0 atom stereocenters. The summed E-state index contributed by atoms with van der Waals surface area (Å²) in [6, 6.07) is 11.0. The first-order chi connectivity index (χ1) is 14.5. The third-order valence-corrected chi connectivity index (χ3v) is 6.14. The minimum atomic E-state index is -0.258. The van der Waals surface area contributed by atoms with Gasteiger partial charge in [0.1, 0.15) is 10.7 Å². The Bertz CT molecular complexity index is 899. The second-order valence-electron chi connectivity index (χ2n) is 6.91. The van der Waals surface area contributed by atoms with E-state index in [0.29, 0.717) is 17.2 Å². The molecule has 1 saturated heterocycles. The van der Waals surface area contributed by atoms with Gasteiger partial charge < -0.3 is 24.4 Å².